The van der Waals surface area contributed by atoms with E-state index in [4.69, 9.17) is 0 Å². The van der Waals surface area contributed by atoms with E-state index in [2.05, 4.69) is 32.9 Å². The molecule has 2 aliphatic heterocycles. The van der Waals surface area contributed by atoms with Gasteiger partial charge in [0.05, 0.1) is 17.5 Å². The smallest absolute Gasteiger partial charge is 0.317 e. The van der Waals surface area contributed by atoms with Gasteiger partial charge in [-0.05, 0) is 48.8 Å². The third-order valence-electron chi connectivity index (χ3n) is 4.63. The molecule has 1 atom stereocenters. The molecule has 0 spiro atoms. The van der Waals surface area contributed by atoms with Crippen molar-refractivity contribution in [2.45, 2.75) is 26.1 Å². The molecule has 0 bridgehead atoms. The fourth-order valence-electron chi connectivity index (χ4n) is 3.22. The molecule has 152 valence electrons. The Balaban J connectivity index is 1.72. The summed E-state index contributed by atoms with van der Waals surface area (Å²) in [6, 6.07) is 2.75. The molecule has 3 rings (SSSR count). The Morgan fingerprint density at radius 3 is 3.00 bits per heavy atom. The van der Waals surface area contributed by atoms with Crippen molar-refractivity contribution in [2.75, 3.05) is 13.1 Å². The molecule has 1 aromatic rings. The monoisotopic (exact) mass is 398 g/mol. The van der Waals surface area contributed by atoms with Crippen LogP contribution in [0.15, 0.2) is 46.3 Å². The summed E-state index contributed by atoms with van der Waals surface area (Å²) in [5.74, 6) is -1.14. The van der Waals surface area contributed by atoms with Gasteiger partial charge in [0, 0.05) is 26.4 Å². The summed E-state index contributed by atoms with van der Waals surface area (Å²) in [4.78, 5) is 26.4. The normalized spacial score (nSPS) is 17.9. The number of nitrogens with one attached hydrogen (secondary N) is 3. The lowest BCUT2D eigenvalue weighted by molar-refractivity contribution is 0.0936. The van der Waals surface area contributed by atoms with Crippen LogP contribution in [0.2, 0.25) is 0 Å². The Morgan fingerprint density at radius 1 is 1.41 bits per heavy atom. The second-order valence-corrected chi connectivity index (χ2v) is 6.60. The number of benzene rings is 1. The number of hydrogen-bond donors (Lipinski definition) is 3. The van der Waals surface area contributed by atoms with E-state index in [0.717, 1.165) is 11.1 Å². The Kier molecular flexibility index (Phi) is 6.38. The first-order chi connectivity index (χ1) is 14.0. The van der Waals surface area contributed by atoms with Crippen LogP contribution in [-0.2, 0) is 13.0 Å². The van der Waals surface area contributed by atoms with E-state index in [9.17, 15) is 14.0 Å². The van der Waals surface area contributed by atoms with Crippen LogP contribution < -0.4 is 16.0 Å². The molecule has 9 heteroatoms. The number of hydrogen-bond acceptors (Lipinski definition) is 5. The summed E-state index contributed by atoms with van der Waals surface area (Å²) in [6.45, 7) is 6.49. The Hall–Kier alpha value is -3.49. The molecular weight excluding hydrogens is 375 g/mol. The van der Waals surface area contributed by atoms with Crippen molar-refractivity contribution < 1.29 is 14.0 Å². The standard InChI is InChI=1S/C20H23FN6O2/c1-3-23-20(29)27-8-7-13-10-17(21)16(9-14(13)12-27)19(28)26-18-6-4-5-15(25-18)11-24-22-2/h4-6,9-11,18,25H,2-3,7-8,12H2,1H3,(H,23,29)(H,26,28). The topological polar surface area (TPSA) is 98.2 Å². The number of rotatable bonds is 5. The van der Waals surface area contributed by atoms with Crippen molar-refractivity contribution in [2.24, 2.45) is 10.2 Å². The largest absolute Gasteiger partial charge is 0.361 e. The molecule has 1 aromatic carbocycles. The van der Waals surface area contributed by atoms with Gasteiger partial charge in [0.15, 0.2) is 0 Å². The maximum absolute atomic E-state index is 14.6. The molecular formula is C20H23FN6O2. The van der Waals surface area contributed by atoms with Gasteiger partial charge < -0.3 is 20.9 Å². The molecule has 3 amide bonds. The number of allylic oxidation sites excluding steroid dienone is 3. The lowest BCUT2D eigenvalue weighted by Gasteiger charge is -2.29. The van der Waals surface area contributed by atoms with Crippen LogP contribution in [0.4, 0.5) is 9.18 Å². The average molecular weight is 398 g/mol. The van der Waals surface area contributed by atoms with Crippen molar-refractivity contribution >= 4 is 24.9 Å². The van der Waals surface area contributed by atoms with Crippen LogP contribution in [0.5, 0.6) is 0 Å². The first-order valence-corrected chi connectivity index (χ1v) is 9.30. The molecule has 0 aromatic heterocycles. The summed E-state index contributed by atoms with van der Waals surface area (Å²) >= 11 is 0. The summed E-state index contributed by atoms with van der Waals surface area (Å²) in [5.41, 5.74) is 2.16. The highest BCUT2D eigenvalue weighted by Crippen LogP contribution is 2.23. The summed E-state index contributed by atoms with van der Waals surface area (Å²) in [5, 5.41) is 15.6. The maximum atomic E-state index is 14.6. The number of nitrogens with zero attached hydrogens (tertiary/aromatic N) is 3. The molecule has 0 fully saturated rings. The van der Waals surface area contributed by atoms with Crippen LogP contribution in [0.3, 0.4) is 0 Å². The second-order valence-electron chi connectivity index (χ2n) is 6.60. The highest BCUT2D eigenvalue weighted by atomic mass is 19.1. The fourth-order valence-corrected chi connectivity index (χ4v) is 3.22. The quantitative estimate of drug-likeness (QED) is 0.520. The molecule has 0 aliphatic carbocycles. The van der Waals surface area contributed by atoms with Gasteiger partial charge in [0.2, 0.25) is 0 Å². The number of amides is 3. The molecule has 0 saturated carbocycles. The third-order valence-corrected chi connectivity index (χ3v) is 4.63. The Labute approximate surface area is 168 Å². The van der Waals surface area contributed by atoms with Crippen molar-refractivity contribution in [1.29, 1.82) is 0 Å². The molecule has 0 saturated heterocycles. The number of carbonyl (C=O) groups is 2. The zero-order valence-electron chi connectivity index (χ0n) is 16.1. The van der Waals surface area contributed by atoms with Crippen molar-refractivity contribution in [3.05, 3.63) is 58.6 Å². The number of halogens is 1. The molecule has 2 heterocycles. The SMILES string of the molecule is C=NN=CC1=CC=CC(NC(=O)c2cc3c(cc2F)CCN(C(=O)NCC)C3)N1. The molecule has 29 heavy (non-hydrogen) atoms. The molecule has 1 unspecified atom stereocenters. The lowest BCUT2D eigenvalue weighted by Crippen LogP contribution is -2.45. The van der Waals surface area contributed by atoms with Gasteiger partial charge in [-0.15, -0.1) is 0 Å². The van der Waals surface area contributed by atoms with Crippen molar-refractivity contribution in [3.8, 4) is 0 Å². The van der Waals surface area contributed by atoms with E-state index in [1.54, 1.807) is 23.1 Å². The summed E-state index contributed by atoms with van der Waals surface area (Å²) < 4.78 is 14.6. The fraction of sp³-hybridized carbons (Fsp3) is 0.300. The number of fused-ring (bicyclic) bond motifs is 1. The van der Waals surface area contributed by atoms with E-state index in [-0.39, 0.29) is 11.6 Å². The maximum Gasteiger partial charge on any atom is 0.317 e. The van der Waals surface area contributed by atoms with Crippen LogP contribution in [0.25, 0.3) is 0 Å². The van der Waals surface area contributed by atoms with E-state index < -0.39 is 17.9 Å². The number of dihydropyridines is 1. The first kappa shape index (κ1) is 20.2. The van der Waals surface area contributed by atoms with Gasteiger partial charge in [0.1, 0.15) is 12.0 Å². The van der Waals surface area contributed by atoms with Gasteiger partial charge in [-0.1, -0.05) is 6.08 Å². The van der Waals surface area contributed by atoms with Gasteiger partial charge >= 0.3 is 6.03 Å². The van der Waals surface area contributed by atoms with E-state index in [1.165, 1.54) is 18.3 Å². The van der Waals surface area contributed by atoms with Crippen LogP contribution in [0.1, 0.15) is 28.4 Å². The van der Waals surface area contributed by atoms with Gasteiger partial charge in [-0.2, -0.15) is 10.2 Å². The van der Waals surface area contributed by atoms with Crippen LogP contribution in [-0.4, -0.2) is 49.0 Å². The minimum atomic E-state index is -0.583. The lowest BCUT2D eigenvalue weighted by atomic mass is 9.96. The van der Waals surface area contributed by atoms with Crippen molar-refractivity contribution in [1.82, 2.24) is 20.9 Å². The summed E-state index contributed by atoms with van der Waals surface area (Å²) in [7, 11) is 0. The average Bonchev–Trinajstić information content (AvgIpc) is 2.71. The van der Waals surface area contributed by atoms with E-state index in [1.807, 2.05) is 6.92 Å². The highest BCUT2D eigenvalue weighted by Gasteiger charge is 2.24. The minimum Gasteiger partial charge on any atom is -0.361 e. The molecule has 8 nitrogen and oxygen atoms in total. The molecule has 0 radical (unpaired) electrons. The predicted molar refractivity (Wildman–Crippen MR) is 109 cm³/mol. The summed E-state index contributed by atoms with van der Waals surface area (Å²) in [6.07, 6.45) is 6.71. The molecule has 3 N–H and O–H groups in total. The van der Waals surface area contributed by atoms with E-state index in [0.29, 0.717) is 31.8 Å². The predicted octanol–water partition coefficient (Wildman–Crippen LogP) is 1.70. The zero-order valence-corrected chi connectivity index (χ0v) is 16.1. The van der Waals surface area contributed by atoms with Crippen LogP contribution in [0, 0.1) is 5.82 Å². The van der Waals surface area contributed by atoms with Gasteiger partial charge in [-0.3, -0.25) is 4.79 Å². The van der Waals surface area contributed by atoms with E-state index >= 15 is 0 Å². The first-order valence-electron chi connectivity index (χ1n) is 9.30. The zero-order chi connectivity index (χ0) is 20.8. The number of carbonyl (C=O) groups excluding carboxylic acids is 2. The number of urea groups is 1. The van der Waals surface area contributed by atoms with Gasteiger partial charge in [-0.25, -0.2) is 9.18 Å². The van der Waals surface area contributed by atoms with Gasteiger partial charge in [0.25, 0.3) is 5.91 Å². The highest BCUT2D eigenvalue weighted by molar-refractivity contribution is 5.95. The minimum absolute atomic E-state index is 0.0609. The Bertz CT molecular complexity index is 908. The molecule has 2 aliphatic rings. The Morgan fingerprint density at radius 2 is 2.24 bits per heavy atom. The van der Waals surface area contributed by atoms with Crippen LogP contribution >= 0.6 is 0 Å². The van der Waals surface area contributed by atoms with Crippen molar-refractivity contribution in [3.63, 3.8) is 0 Å². The third kappa shape index (κ3) is 4.87. The second kappa shape index (κ2) is 9.13.